The average molecular weight is 316 g/mol. The molecule has 5 heteroatoms. The smallest absolute Gasteiger partial charge is 0.261 e. The Morgan fingerprint density at radius 3 is 2.36 bits per heavy atom. The molecular weight excluding hydrogens is 296 g/mol. The molecule has 2 amide bonds. The highest BCUT2D eigenvalue weighted by Gasteiger charge is 2.07. The van der Waals surface area contributed by atoms with Crippen molar-refractivity contribution in [1.29, 1.82) is 0 Å². The van der Waals surface area contributed by atoms with Gasteiger partial charge in [-0.05, 0) is 55.0 Å². The number of benzene rings is 1. The summed E-state index contributed by atoms with van der Waals surface area (Å²) < 4.78 is 0. The fourth-order valence-corrected chi connectivity index (χ4v) is 2.61. The zero-order chi connectivity index (χ0) is 15.9. The lowest BCUT2D eigenvalue weighted by Crippen LogP contribution is -2.29. The van der Waals surface area contributed by atoms with Gasteiger partial charge >= 0.3 is 0 Å². The lowest BCUT2D eigenvalue weighted by molar-refractivity contribution is 0.0953. The Labute approximate surface area is 134 Å². The Hall–Kier alpha value is -2.14. The molecule has 4 nitrogen and oxygen atoms in total. The summed E-state index contributed by atoms with van der Waals surface area (Å²) in [4.78, 5) is 24.4. The highest BCUT2D eigenvalue weighted by atomic mass is 32.1. The van der Waals surface area contributed by atoms with E-state index in [1.807, 2.05) is 43.5 Å². The van der Waals surface area contributed by atoms with Crippen LogP contribution in [0.1, 0.15) is 37.6 Å². The fraction of sp³-hybridized carbons (Fsp3) is 0.294. The maximum absolute atomic E-state index is 12.0. The second-order valence-electron chi connectivity index (χ2n) is 5.14. The van der Waals surface area contributed by atoms with Gasteiger partial charge in [0.1, 0.15) is 0 Å². The van der Waals surface area contributed by atoms with E-state index in [4.69, 9.17) is 0 Å². The van der Waals surface area contributed by atoms with Crippen molar-refractivity contribution >= 4 is 23.2 Å². The van der Waals surface area contributed by atoms with Crippen molar-refractivity contribution in [2.75, 3.05) is 13.1 Å². The van der Waals surface area contributed by atoms with E-state index in [9.17, 15) is 9.59 Å². The van der Waals surface area contributed by atoms with Gasteiger partial charge in [-0.2, -0.15) is 0 Å². The number of rotatable bonds is 6. The van der Waals surface area contributed by atoms with Crippen LogP contribution in [0.3, 0.4) is 0 Å². The van der Waals surface area contributed by atoms with Crippen molar-refractivity contribution < 1.29 is 9.59 Å². The molecule has 2 N–H and O–H groups in total. The first-order chi connectivity index (χ1) is 10.6. The Bertz CT molecular complexity index is 651. The van der Waals surface area contributed by atoms with Crippen LogP contribution in [0.2, 0.25) is 0 Å². The van der Waals surface area contributed by atoms with Gasteiger partial charge in [-0.1, -0.05) is 12.1 Å². The molecule has 0 bridgehead atoms. The lowest BCUT2D eigenvalue weighted by atomic mass is 10.1. The third kappa shape index (κ3) is 4.43. The van der Waals surface area contributed by atoms with Crippen molar-refractivity contribution in [3.8, 4) is 0 Å². The summed E-state index contributed by atoms with van der Waals surface area (Å²) in [6.45, 7) is 5.10. The molecule has 22 heavy (non-hydrogen) atoms. The summed E-state index contributed by atoms with van der Waals surface area (Å²) in [5.41, 5.74) is 2.95. The molecule has 0 saturated heterocycles. The molecule has 2 rings (SSSR count). The Balaban J connectivity index is 1.69. The van der Waals surface area contributed by atoms with E-state index >= 15 is 0 Å². The molecule has 0 radical (unpaired) electrons. The van der Waals surface area contributed by atoms with Gasteiger partial charge in [0.05, 0.1) is 4.88 Å². The summed E-state index contributed by atoms with van der Waals surface area (Å²) in [6, 6.07) is 9.32. The van der Waals surface area contributed by atoms with E-state index in [0.29, 0.717) is 30.0 Å². The van der Waals surface area contributed by atoms with Crippen LogP contribution < -0.4 is 10.6 Å². The number of carbonyl (C=O) groups is 2. The second-order valence-corrected chi connectivity index (χ2v) is 6.09. The summed E-state index contributed by atoms with van der Waals surface area (Å²) in [5, 5.41) is 7.58. The van der Waals surface area contributed by atoms with E-state index in [1.54, 1.807) is 6.07 Å². The predicted octanol–water partition coefficient (Wildman–Crippen LogP) is 2.91. The van der Waals surface area contributed by atoms with Crippen molar-refractivity contribution in [2.45, 2.75) is 20.3 Å². The topological polar surface area (TPSA) is 58.2 Å². The van der Waals surface area contributed by atoms with E-state index in [1.165, 1.54) is 16.9 Å². The van der Waals surface area contributed by atoms with Gasteiger partial charge < -0.3 is 10.6 Å². The Kier molecular flexibility index (Phi) is 5.72. The minimum Gasteiger partial charge on any atom is -0.352 e. The third-order valence-corrected chi connectivity index (χ3v) is 4.31. The van der Waals surface area contributed by atoms with Gasteiger partial charge in [-0.15, -0.1) is 11.3 Å². The maximum Gasteiger partial charge on any atom is 0.261 e. The zero-order valence-corrected chi connectivity index (χ0v) is 13.6. The molecule has 2 aromatic rings. The molecule has 0 unspecified atom stereocenters. The number of amides is 2. The molecule has 0 saturated carbocycles. The number of hydrogen-bond donors (Lipinski definition) is 2. The van der Waals surface area contributed by atoms with E-state index in [0.717, 1.165) is 5.56 Å². The fourth-order valence-electron chi connectivity index (χ4n) is 1.97. The van der Waals surface area contributed by atoms with Gasteiger partial charge in [-0.25, -0.2) is 0 Å². The van der Waals surface area contributed by atoms with Gasteiger partial charge in [0.15, 0.2) is 0 Å². The monoisotopic (exact) mass is 316 g/mol. The van der Waals surface area contributed by atoms with Gasteiger partial charge in [0.25, 0.3) is 11.8 Å². The van der Waals surface area contributed by atoms with Crippen LogP contribution >= 0.6 is 11.3 Å². The zero-order valence-electron chi connectivity index (χ0n) is 12.8. The van der Waals surface area contributed by atoms with E-state index in [-0.39, 0.29) is 11.8 Å². The summed E-state index contributed by atoms with van der Waals surface area (Å²) in [7, 11) is 0. The first-order valence-electron chi connectivity index (χ1n) is 7.25. The standard InChI is InChI=1S/C17H20N2O2S/c1-12-6-7-14(11-13(12)2)16(20)18-8-4-9-19-17(21)15-5-3-10-22-15/h3,5-7,10-11H,4,8-9H2,1-2H3,(H,18,20)(H,19,21). The van der Waals surface area contributed by atoms with Gasteiger partial charge in [0.2, 0.25) is 0 Å². The van der Waals surface area contributed by atoms with Crippen LogP contribution in [-0.2, 0) is 0 Å². The molecule has 1 heterocycles. The highest BCUT2D eigenvalue weighted by molar-refractivity contribution is 7.12. The highest BCUT2D eigenvalue weighted by Crippen LogP contribution is 2.09. The molecule has 0 fully saturated rings. The molecule has 0 aliphatic rings. The molecule has 116 valence electrons. The van der Waals surface area contributed by atoms with Crippen molar-refractivity contribution in [3.05, 3.63) is 57.3 Å². The van der Waals surface area contributed by atoms with E-state index in [2.05, 4.69) is 10.6 Å². The van der Waals surface area contributed by atoms with Gasteiger partial charge in [0, 0.05) is 18.7 Å². The molecule has 0 spiro atoms. The molecule has 1 aromatic heterocycles. The number of thiophene rings is 1. The number of carbonyl (C=O) groups excluding carboxylic acids is 2. The van der Waals surface area contributed by atoms with E-state index < -0.39 is 0 Å². The molecule has 1 aromatic carbocycles. The van der Waals surface area contributed by atoms with Crippen LogP contribution in [0, 0.1) is 13.8 Å². The minimum atomic E-state index is -0.0762. The Morgan fingerprint density at radius 2 is 1.73 bits per heavy atom. The first-order valence-corrected chi connectivity index (χ1v) is 8.13. The SMILES string of the molecule is Cc1ccc(C(=O)NCCCNC(=O)c2cccs2)cc1C. The van der Waals surface area contributed by atoms with Crippen LogP contribution in [0.15, 0.2) is 35.7 Å². The molecule has 0 aliphatic carbocycles. The van der Waals surface area contributed by atoms with Crippen LogP contribution in [-0.4, -0.2) is 24.9 Å². The lowest BCUT2D eigenvalue weighted by Gasteiger charge is -2.08. The Morgan fingerprint density at radius 1 is 1.00 bits per heavy atom. The molecular formula is C17H20N2O2S. The van der Waals surface area contributed by atoms with Crippen molar-refractivity contribution in [1.82, 2.24) is 10.6 Å². The number of nitrogens with one attached hydrogen (secondary N) is 2. The first kappa shape index (κ1) is 16.2. The van der Waals surface area contributed by atoms with Crippen LogP contribution in [0.25, 0.3) is 0 Å². The third-order valence-electron chi connectivity index (χ3n) is 3.44. The molecule has 0 atom stereocenters. The number of aryl methyl sites for hydroxylation is 2. The predicted molar refractivity (Wildman–Crippen MR) is 89.5 cm³/mol. The second kappa shape index (κ2) is 7.75. The quantitative estimate of drug-likeness (QED) is 0.805. The molecule has 0 aliphatic heterocycles. The maximum atomic E-state index is 12.0. The van der Waals surface area contributed by atoms with Crippen LogP contribution in [0.4, 0.5) is 0 Å². The van der Waals surface area contributed by atoms with Crippen molar-refractivity contribution in [3.63, 3.8) is 0 Å². The average Bonchev–Trinajstić information content (AvgIpc) is 3.03. The van der Waals surface area contributed by atoms with Crippen molar-refractivity contribution in [2.24, 2.45) is 0 Å². The normalized spacial score (nSPS) is 10.3. The largest absolute Gasteiger partial charge is 0.352 e. The van der Waals surface area contributed by atoms with Gasteiger partial charge in [-0.3, -0.25) is 9.59 Å². The van der Waals surface area contributed by atoms with Crippen LogP contribution in [0.5, 0.6) is 0 Å². The summed E-state index contributed by atoms with van der Waals surface area (Å²) in [6.07, 6.45) is 0.702. The summed E-state index contributed by atoms with van der Waals surface area (Å²) in [5.74, 6) is -0.136. The number of hydrogen-bond acceptors (Lipinski definition) is 3. The minimum absolute atomic E-state index is 0.0597. The summed E-state index contributed by atoms with van der Waals surface area (Å²) >= 11 is 1.42.